The fourth-order valence-electron chi connectivity index (χ4n) is 3.90. The van der Waals surface area contributed by atoms with Crippen LogP contribution in [0.2, 0.25) is 0 Å². The number of carbonyl (C=O) groups is 2. The first-order valence-corrected chi connectivity index (χ1v) is 14.2. The quantitative estimate of drug-likeness (QED) is 0.0454. The van der Waals surface area contributed by atoms with Crippen molar-refractivity contribution in [2.75, 3.05) is 87.0 Å². The van der Waals surface area contributed by atoms with E-state index in [1.165, 1.54) is 36.4 Å². The number of methoxy groups -OCH3 is 2. The zero-order chi connectivity index (χ0) is 32.3. The number of morpholine rings is 2. The van der Waals surface area contributed by atoms with Crippen molar-refractivity contribution in [2.24, 2.45) is 10.4 Å². The topological polar surface area (TPSA) is 203 Å². The number of hydroxylamine groups is 1. The molecule has 0 atom stereocenters. The van der Waals surface area contributed by atoms with Crippen molar-refractivity contribution >= 4 is 18.0 Å². The standard InChI is InChI=1S/C26H39N7O12/c1-38-22-17-21(6-7-24(34)28-44-19-27-32(36)30-8-13-40-14-9-30)18-23(39-2)26(22)42-12-4-3-5-25(35)43-20-45-29-33(37)31-10-15-41-16-11-31/h6-7,17-18H,3-5,8-16,19-20H2,1-2H3,(H,28,34)/b7-6+,32-27-,33-29-. The van der Waals surface area contributed by atoms with E-state index in [0.29, 0.717) is 98.2 Å². The number of unbranched alkanes of at least 4 members (excludes halogenated alkanes) is 1. The molecule has 1 aromatic carbocycles. The van der Waals surface area contributed by atoms with E-state index >= 15 is 0 Å². The first-order valence-electron chi connectivity index (χ1n) is 14.2. The van der Waals surface area contributed by atoms with E-state index in [1.54, 1.807) is 12.1 Å². The first kappa shape index (κ1) is 34.9. The molecule has 1 N–H and O–H groups in total. The number of benzene rings is 1. The third kappa shape index (κ3) is 12.5. The average Bonchev–Trinajstić information content (AvgIpc) is 3.08. The third-order valence-electron chi connectivity index (χ3n) is 6.21. The zero-order valence-corrected chi connectivity index (χ0v) is 25.3. The van der Waals surface area contributed by atoms with E-state index in [0.717, 1.165) is 0 Å². The number of esters is 1. The van der Waals surface area contributed by atoms with Gasteiger partial charge >= 0.3 is 5.97 Å². The van der Waals surface area contributed by atoms with Gasteiger partial charge in [-0.1, -0.05) is 0 Å². The number of amides is 1. The summed E-state index contributed by atoms with van der Waals surface area (Å²) in [6.45, 7) is 2.76. The highest BCUT2D eigenvalue weighted by Crippen LogP contribution is 2.39. The fourth-order valence-corrected chi connectivity index (χ4v) is 3.90. The van der Waals surface area contributed by atoms with Crippen LogP contribution in [0.15, 0.2) is 28.6 Å². The highest BCUT2D eigenvalue weighted by Gasteiger charge is 2.18. The van der Waals surface area contributed by atoms with Crippen molar-refractivity contribution in [3.8, 4) is 17.2 Å². The van der Waals surface area contributed by atoms with Crippen LogP contribution in [0.3, 0.4) is 0 Å². The van der Waals surface area contributed by atoms with Crippen molar-refractivity contribution in [1.29, 1.82) is 0 Å². The van der Waals surface area contributed by atoms with Gasteiger partial charge in [0.25, 0.3) is 12.7 Å². The first-order chi connectivity index (χ1) is 21.9. The summed E-state index contributed by atoms with van der Waals surface area (Å²) in [5.74, 6) is 0.00600. The van der Waals surface area contributed by atoms with E-state index < -0.39 is 18.7 Å². The van der Waals surface area contributed by atoms with Crippen molar-refractivity contribution in [3.63, 3.8) is 0 Å². The molecule has 0 aromatic heterocycles. The molecule has 2 aliphatic heterocycles. The Morgan fingerprint density at radius 1 is 0.978 bits per heavy atom. The molecule has 19 heteroatoms. The van der Waals surface area contributed by atoms with E-state index in [9.17, 15) is 20.0 Å². The average molecular weight is 642 g/mol. The second-order valence-corrected chi connectivity index (χ2v) is 9.26. The number of hydrazine groups is 2. The van der Waals surface area contributed by atoms with Crippen LogP contribution in [-0.2, 0) is 33.5 Å². The number of nitrogens with one attached hydrogen (secondary N) is 1. The van der Waals surface area contributed by atoms with Gasteiger partial charge in [0.05, 0.1) is 52.2 Å². The van der Waals surface area contributed by atoms with Crippen molar-refractivity contribution in [3.05, 3.63) is 34.2 Å². The van der Waals surface area contributed by atoms with Crippen molar-refractivity contribution < 1.29 is 57.6 Å². The Labute approximate surface area is 259 Å². The Hall–Kier alpha value is -4.62. The molecule has 0 radical (unpaired) electrons. The summed E-state index contributed by atoms with van der Waals surface area (Å²) >= 11 is 0. The monoisotopic (exact) mass is 641 g/mol. The molecule has 2 aliphatic rings. The lowest BCUT2D eigenvalue weighted by molar-refractivity contribution is -0.715. The summed E-state index contributed by atoms with van der Waals surface area (Å²) in [5.41, 5.74) is 2.76. The van der Waals surface area contributed by atoms with Crippen LogP contribution in [0, 0.1) is 10.4 Å². The van der Waals surface area contributed by atoms with Crippen LogP contribution in [-0.4, -0.2) is 119 Å². The minimum atomic E-state index is -0.577. The van der Waals surface area contributed by atoms with Crippen LogP contribution in [0.4, 0.5) is 0 Å². The van der Waals surface area contributed by atoms with Crippen LogP contribution in [0.1, 0.15) is 24.8 Å². The lowest BCUT2D eigenvalue weighted by Crippen LogP contribution is -2.40. The number of hydrogen-bond acceptors (Lipinski definition) is 14. The molecule has 0 saturated carbocycles. The van der Waals surface area contributed by atoms with Gasteiger partial charge in [0.15, 0.2) is 11.5 Å². The lowest BCUT2D eigenvalue weighted by Gasteiger charge is -2.22. The highest BCUT2D eigenvalue weighted by molar-refractivity contribution is 5.91. The number of ether oxygens (including phenoxy) is 6. The zero-order valence-electron chi connectivity index (χ0n) is 25.3. The van der Waals surface area contributed by atoms with E-state index in [2.05, 4.69) is 15.9 Å². The molecule has 45 heavy (non-hydrogen) atoms. The number of carbonyl (C=O) groups excluding carboxylic acids is 2. The van der Waals surface area contributed by atoms with Gasteiger partial charge < -0.3 is 43.7 Å². The van der Waals surface area contributed by atoms with Gasteiger partial charge in [-0.3, -0.25) is 9.59 Å². The normalized spacial score (nSPS) is 16.0. The third-order valence-corrected chi connectivity index (χ3v) is 6.21. The summed E-state index contributed by atoms with van der Waals surface area (Å²) in [6.07, 6.45) is 3.83. The minimum Gasteiger partial charge on any atom is -0.571 e. The second kappa shape index (κ2) is 19.6. The summed E-state index contributed by atoms with van der Waals surface area (Å²) in [6, 6.07) is 3.31. The molecular weight excluding hydrogens is 602 g/mol. The van der Waals surface area contributed by atoms with Gasteiger partial charge in [0, 0.05) is 22.6 Å². The molecule has 2 heterocycles. The van der Waals surface area contributed by atoms with Crippen LogP contribution < -0.4 is 19.7 Å². The predicted octanol–water partition coefficient (Wildman–Crippen LogP) is 1.12. The van der Waals surface area contributed by atoms with Gasteiger partial charge in [0.1, 0.15) is 26.2 Å². The van der Waals surface area contributed by atoms with Gasteiger partial charge in [-0.05, 0) is 36.6 Å². The Balaban J connectivity index is 1.36. The Morgan fingerprint density at radius 2 is 1.60 bits per heavy atom. The molecule has 1 amide bonds. The van der Waals surface area contributed by atoms with Crippen molar-refractivity contribution in [1.82, 2.24) is 15.5 Å². The number of rotatable bonds is 18. The molecule has 250 valence electrons. The molecular formula is C26H39N7O12. The molecule has 3 rings (SSSR count). The van der Waals surface area contributed by atoms with Gasteiger partial charge in [-0.25, -0.2) is 10.3 Å². The molecule has 2 fully saturated rings. The Morgan fingerprint density at radius 3 is 2.22 bits per heavy atom. The smallest absolute Gasteiger partial charge is 0.308 e. The van der Waals surface area contributed by atoms with Gasteiger partial charge in [-0.2, -0.15) is 0 Å². The lowest BCUT2D eigenvalue weighted by atomic mass is 10.1. The molecule has 19 nitrogen and oxygen atoms in total. The molecule has 1 aromatic rings. The van der Waals surface area contributed by atoms with Crippen molar-refractivity contribution in [2.45, 2.75) is 19.3 Å². The van der Waals surface area contributed by atoms with E-state index in [1.807, 2.05) is 0 Å². The number of nitrogens with zero attached hydrogens (tertiary/aromatic N) is 6. The fraction of sp³-hybridized carbons (Fsp3) is 0.615. The maximum Gasteiger partial charge on any atom is 0.308 e. The molecule has 0 bridgehead atoms. The molecule has 0 aliphatic carbocycles. The molecule has 0 spiro atoms. The van der Waals surface area contributed by atoms with Gasteiger partial charge in [0.2, 0.25) is 17.8 Å². The number of hydrogen-bond donors (Lipinski definition) is 1. The summed E-state index contributed by atoms with van der Waals surface area (Å²) in [4.78, 5) is 34.5. The largest absolute Gasteiger partial charge is 0.571 e. The molecule has 2 saturated heterocycles. The van der Waals surface area contributed by atoms with E-state index in [-0.39, 0.29) is 19.8 Å². The summed E-state index contributed by atoms with van der Waals surface area (Å²) < 4.78 is 32.0. The van der Waals surface area contributed by atoms with E-state index in [4.69, 9.17) is 38.1 Å². The Kier molecular flexibility index (Phi) is 15.2. The highest BCUT2D eigenvalue weighted by atomic mass is 16.8. The maximum atomic E-state index is 12.1. The predicted molar refractivity (Wildman–Crippen MR) is 151 cm³/mol. The minimum absolute atomic E-state index is 0.109. The SMILES string of the molecule is COc1cc(/C=C/C(=O)NOC/N=[N+](\[O-])N2CCOCC2)cc(OC)c1OCCCCC(=O)OCO/N=[N+](\[O-])N1CCOCC1. The van der Waals surface area contributed by atoms with Gasteiger partial charge in [-0.15, -0.1) is 10.0 Å². The Bertz CT molecular complexity index is 1150. The molecule has 0 unspecified atom stereocenters. The second-order valence-electron chi connectivity index (χ2n) is 9.26. The van der Waals surface area contributed by atoms with Crippen LogP contribution in [0.25, 0.3) is 6.08 Å². The maximum absolute atomic E-state index is 12.1. The summed E-state index contributed by atoms with van der Waals surface area (Å²) in [5, 5.41) is 33.5. The summed E-state index contributed by atoms with van der Waals surface area (Å²) in [7, 11) is 2.93. The van der Waals surface area contributed by atoms with Crippen LogP contribution >= 0.6 is 0 Å². The van der Waals surface area contributed by atoms with Crippen LogP contribution in [0.5, 0.6) is 17.2 Å².